The minimum atomic E-state index is 0.0176. The van der Waals surface area contributed by atoms with Gasteiger partial charge in [0.1, 0.15) is 11.6 Å². The Kier molecular flexibility index (Phi) is 5.23. The first-order chi connectivity index (χ1) is 13.7. The van der Waals surface area contributed by atoms with Crippen molar-refractivity contribution in [2.45, 2.75) is 25.7 Å². The van der Waals surface area contributed by atoms with Gasteiger partial charge in [-0.2, -0.15) is 0 Å². The molecule has 0 aliphatic carbocycles. The molecule has 7 nitrogen and oxygen atoms in total. The number of aromatic nitrogens is 4. The summed E-state index contributed by atoms with van der Waals surface area (Å²) < 4.78 is 0. The van der Waals surface area contributed by atoms with E-state index in [9.17, 15) is 4.79 Å². The molecule has 7 heteroatoms. The van der Waals surface area contributed by atoms with Crippen LogP contribution in [0.25, 0.3) is 0 Å². The van der Waals surface area contributed by atoms with Gasteiger partial charge in [0.25, 0.3) is 5.91 Å². The van der Waals surface area contributed by atoms with Crippen LogP contribution in [0, 0.1) is 6.92 Å². The Morgan fingerprint density at radius 1 is 1.07 bits per heavy atom. The minimum Gasteiger partial charge on any atom is -0.338 e. The molecular weight excluding hydrogens is 352 g/mol. The van der Waals surface area contributed by atoms with Crippen molar-refractivity contribution in [2.24, 2.45) is 0 Å². The van der Waals surface area contributed by atoms with E-state index < -0.39 is 0 Å². The summed E-state index contributed by atoms with van der Waals surface area (Å²) in [6.45, 7) is 3.33. The highest BCUT2D eigenvalue weighted by Gasteiger charge is 2.26. The Labute approximate surface area is 163 Å². The second kappa shape index (κ2) is 8.12. The van der Waals surface area contributed by atoms with Gasteiger partial charge in [-0.1, -0.05) is 6.07 Å². The van der Waals surface area contributed by atoms with Crippen LogP contribution in [0.15, 0.2) is 55.1 Å². The van der Waals surface area contributed by atoms with E-state index in [-0.39, 0.29) is 11.8 Å². The summed E-state index contributed by atoms with van der Waals surface area (Å²) in [5.74, 6) is 1.58. The van der Waals surface area contributed by atoms with Crippen molar-refractivity contribution in [3.05, 3.63) is 72.1 Å². The third-order valence-electron chi connectivity index (χ3n) is 4.83. The van der Waals surface area contributed by atoms with Crippen molar-refractivity contribution >= 4 is 17.5 Å². The van der Waals surface area contributed by atoms with Gasteiger partial charge in [-0.15, -0.1) is 0 Å². The molecule has 3 aromatic rings. The topological polar surface area (TPSA) is 83.9 Å². The van der Waals surface area contributed by atoms with E-state index in [0.717, 1.165) is 36.6 Å². The first kappa shape index (κ1) is 18.0. The van der Waals surface area contributed by atoms with Crippen molar-refractivity contribution in [3.63, 3.8) is 0 Å². The molecule has 3 aromatic heterocycles. The number of hydrogen-bond donors (Lipinski definition) is 1. The van der Waals surface area contributed by atoms with E-state index in [1.54, 1.807) is 36.9 Å². The van der Waals surface area contributed by atoms with E-state index in [4.69, 9.17) is 4.98 Å². The van der Waals surface area contributed by atoms with E-state index in [2.05, 4.69) is 20.3 Å². The molecule has 1 N–H and O–H groups in total. The SMILES string of the molecule is Cc1cccc(Nc2cncc([C@@H]3CCCN(C(=O)c4cccnc4)C3)n2)n1. The molecule has 0 spiro atoms. The van der Waals surface area contributed by atoms with Gasteiger partial charge in [0.05, 0.1) is 17.5 Å². The second-order valence-corrected chi connectivity index (χ2v) is 6.95. The van der Waals surface area contributed by atoms with E-state index in [1.165, 1.54) is 0 Å². The molecule has 1 fully saturated rings. The summed E-state index contributed by atoms with van der Waals surface area (Å²) in [4.78, 5) is 32.2. The van der Waals surface area contributed by atoms with Crippen LogP contribution in [0.3, 0.4) is 0 Å². The summed E-state index contributed by atoms with van der Waals surface area (Å²) in [5, 5.41) is 3.21. The molecule has 0 radical (unpaired) electrons. The molecule has 4 heterocycles. The van der Waals surface area contributed by atoms with E-state index >= 15 is 0 Å². The van der Waals surface area contributed by atoms with Gasteiger partial charge >= 0.3 is 0 Å². The molecule has 142 valence electrons. The van der Waals surface area contributed by atoms with E-state index in [1.807, 2.05) is 30.0 Å². The first-order valence-electron chi connectivity index (χ1n) is 9.41. The molecule has 4 rings (SSSR count). The Hall–Kier alpha value is -3.35. The van der Waals surface area contributed by atoms with Crippen LogP contribution in [-0.2, 0) is 0 Å². The molecule has 1 aliphatic heterocycles. The number of carbonyl (C=O) groups excluding carboxylic acids is 1. The molecule has 1 amide bonds. The number of amides is 1. The Morgan fingerprint density at radius 2 is 2.00 bits per heavy atom. The zero-order valence-corrected chi connectivity index (χ0v) is 15.7. The lowest BCUT2D eigenvalue weighted by Gasteiger charge is -2.32. The molecule has 0 aromatic carbocycles. The van der Waals surface area contributed by atoms with Gasteiger partial charge < -0.3 is 10.2 Å². The molecule has 1 aliphatic rings. The monoisotopic (exact) mass is 374 g/mol. The number of aryl methyl sites for hydroxylation is 1. The zero-order chi connectivity index (χ0) is 19.3. The quantitative estimate of drug-likeness (QED) is 0.754. The van der Waals surface area contributed by atoms with Crippen LogP contribution in [0.1, 0.15) is 40.5 Å². The average Bonchev–Trinajstić information content (AvgIpc) is 2.74. The van der Waals surface area contributed by atoms with Crippen LogP contribution in [0.5, 0.6) is 0 Å². The third kappa shape index (κ3) is 4.14. The smallest absolute Gasteiger partial charge is 0.255 e. The van der Waals surface area contributed by atoms with Crippen LogP contribution in [0.4, 0.5) is 11.6 Å². The van der Waals surface area contributed by atoms with Crippen molar-refractivity contribution in [1.82, 2.24) is 24.8 Å². The maximum atomic E-state index is 12.7. The lowest BCUT2D eigenvalue weighted by atomic mass is 9.94. The average molecular weight is 374 g/mol. The summed E-state index contributed by atoms with van der Waals surface area (Å²) in [6, 6.07) is 9.39. The van der Waals surface area contributed by atoms with Crippen LogP contribution >= 0.6 is 0 Å². The van der Waals surface area contributed by atoms with Gasteiger partial charge in [-0.25, -0.2) is 9.97 Å². The molecule has 28 heavy (non-hydrogen) atoms. The predicted molar refractivity (Wildman–Crippen MR) is 106 cm³/mol. The number of piperidine rings is 1. The van der Waals surface area contributed by atoms with Crippen LogP contribution < -0.4 is 5.32 Å². The zero-order valence-electron chi connectivity index (χ0n) is 15.7. The summed E-state index contributed by atoms with van der Waals surface area (Å²) in [7, 11) is 0. The molecule has 1 atom stereocenters. The molecule has 1 saturated heterocycles. The highest BCUT2D eigenvalue weighted by molar-refractivity contribution is 5.94. The Morgan fingerprint density at radius 3 is 2.82 bits per heavy atom. The van der Waals surface area contributed by atoms with E-state index in [0.29, 0.717) is 17.9 Å². The van der Waals surface area contributed by atoms with Crippen molar-refractivity contribution in [1.29, 1.82) is 0 Å². The van der Waals surface area contributed by atoms with Crippen molar-refractivity contribution in [3.8, 4) is 0 Å². The minimum absolute atomic E-state index is 0.0176. The molecule has 0 bridgehead atoms. The maximum Gasteiger partial charge on any atom is 0.255 e. The summed E-state index contributed by atoms with van der Waals surface area (Å²) in [6.07, 6.45) is 8.69. The van der Waals surface area contributed by atoms with Crippen molar-refractivity contribution < 1.29 is 4.79 Å². The van der Waals surface area contributed by atoms with Gasteiger partial charge in [0.2, 0.25) is 0 Å². The largest absolute Gasteiger partial charge is 0.338 e. The first-order valence-corrected chi connectivity index (χ1v) is 9.41. The number of pyridine rings is 2. The molecule has 0 unspecified atom stereocenters. The number of anilines is 2. The Balaban J connectivity index is 1.48. The fourth-order valence-corrected chi connectivity index (χ4v) is 3.46. The van der Waals surface area contributed by atoms with Crippen LogP contribution in [0.2, 0.25) is 0 Å². The number of hydrogen-bond acceptors (Lipinski definition) is 6. The summed E-state index contributed by atoms with van der Waals surface area (Å²) >= 11 is 0. The Bertz CT molecular complexity index is 962. The molecular formula is C21H22N6O. The number of rotatable bonds is 4. The fourth-order valence-electron chi connectivity index (χ4n) is 3.46. The lowest BCUT2D eigenvalue weighted by molar-refractivity contribution is 0.0705. The van der Waals surface area contributed by atoms with Gasteiger partial charge in [-0.3, -0.25) is 14.8 Å². The number of nitrogens with one attached hydrogen (secondary N) is 1. The lowest BCUT2D eigenvalue weighted by Crippen LogP contribution is -2.39. The third-order valence-corrected chi connectivity index (χ3v) is 4.83. The second-order valence-electron chi connectivity index (χ2n) is 6.95. The van der Waals surface area contributed by atoms with Gasteiger partial charge in [0.15, 0.2) is 0 Å². The van der Waals surface area contributed by atoms with Crippen molar-refractivity contribution in [2.75, 3.05) is 18.4 Å². The number of carbonyl (C=O) groups is 1. The van der Waals surface area contributed by atoms with Gasteiger partial charge in [0, 0.05) is 43.3 Å². The van der Waals surface area contributed by atoms with Gasteiger partial charge in [-0.05, 0) is 44.0 Å². The standard InChI is InChI=1S/C21H22N6O/c1-15-5-2-8-19(24-15)26-20-13-23-12-18(25-20)17-7-4-10-27(14-17)21(28)16-6-3-9-22-11-16/h2-3,5-6,8-9,11-13,17H,4,7,10,14H2,1H3,(H,24,25,26)/t17-/m1/s1. The van der Waals surface area contributed by atoms with Crippen LogP contribution in [-0.4, -0.2) is 43.8 Å². The number of likely N-dealkylation sites (tertiary alicyclic amines) is 1. The fraction of sp³-hybridized carbons (Fsp3) is 0.286. The molecule has 0 saturated carbocycles. The summed E-state index contributed by atoms with van der Waals surface area (Å²) in [5.41, 5.74) is 2.45. The highest BCUT2D eigenvalue weighted by Crippen LogP contribution is 2.27. The normalized spacial score (nSPS) is 16.6. The highest BCUT2D eigenvalue weighted by atomic mass is 16.2. The predicted octanol–water partition coefficient (Wildman–Crippen LogP) is 3.34. The maximum absolute atomic E-state index is 12.7. The number of nitrogens with zero attached hydrogens (tertiary/aromatic N) is 5.